The molecule has 4 aliphatic heterocycles. The number of hydrogen-bond donors (Lipinski definition) is 1. The number of halogens is 5. The van der Waals surface area contributed by atoms with E-state index in [2.05, 4.69) is 16.8 Å². The van der Waals surface area contributed by atoms with E-state index >= 15 is 8.78 Å². The number of nitriles is 1. The maximum absolute atomic E-state index is 17.3. The van der Waals surface area contributed by atoms with Gasteiger partial charge in [-0.2, -0.15) is 24.0 Å². The molecule has 4 aromatic rings. The van der Waals surface area contributed by atoms with Gasteiger partial charge in [0, 0.05) is 36.5 Å². The van der Waals surface area contributed by atoms with E-state index in [1.54, 1.807) is 0 Å². The highest BCUT2D eigenvalue weighted by atomic mass is 35.5. The Morgan fingerprint density at radius 1 is 1.20 bits per heavy atom. The van der Waals surface area contributed by atoms with Crippen molar-refractivity contribution < 1.29 is 31.8 Å². The van der Waals surface area contributed by atoms with Crippen LogP contribution < -0.4 is 20.1 Å². The van der Waals surface area contributed by atoms with E-state index in [1.807, 2.05) is 11.0 Å². The second-order valence-corrected chi connectivity index (χ2v) is 15.0. The van der Waals surface area contributed by atoms with Gasteiger partial charge in [-0.1, -0.05) is 24.6 Å². The SMILES string of the molecule is C[C@H]1CN2CCCC2(COc2nc3c4c(c(Cl)c(-c5ccc(F)c6sc(N)c(C#N)c56)c(F)c4n2)OCCC2CCC(OC(F)F)CN32)C1. The molecule has 2 aromatic heterocycles. The zero-order valence-corrected chi connectivity index (χ0v) is 28.2. The van der Waals surface area contributed by atoms with Gasteiger partial charge in [-0.15, -0.1) is 11.3 Å². The van der Waals surface area contributed by atoms with E-state index in [1.165, 1.54) is 12.1 Å². The first-order valence-electron chi connectivity index (χ1n) is 16.4. The van der Waals surface area contributed by atoms with Crippen LogP contribution in [-0.2, 0) is 4.74 Å². The summed E-state index contributed by atoms with van der Waals surface area (Å²) in [5.74, 6) is -0.633. The first kappa shape index (κ1) is 32.6. The highest BCUT2D eigenvalue weighted by Gasteiger charge is 2.48. The molecule has 0 saturated carbocycles. The van der Waals surface area contributed by atoms with E-state index in [0.717, 1.165) is 43.7 Å². The van der Waals surface area contributed by atoms with Gasteiger partial charge in [-0.05, 0) is 56.2 Å². The summed E-state index contributed by atoms with van der Waals surface area (Å²) in [6, 6.07) is 4.32. The molecule has 4 atom stereocenters. The van der Waals surface area contributed by atoms with Gasteiger partial charge in [-0.25, -0.2) is 8.78 Å². The summed E-state index contributed by atoms with van der Waals surface area (Å²) in [7, 11) is 0. The number of hydrogen-bond acceptors (Lipinski definition) is 10. The van der Waals surface area contributed by atoms with Crippen LogP contribution in [-0.4, -0.2) is 72.0 Å². The highest BCUT2D eigenvalue weighted by Crippen LogP contribution is 2.51. The number of alkyl halides is 2. The Hall–Kier alpha value is -3.64. The van der Waals surface area contributed by atoms with Gasteiger partial charge in [-0.3, -0.25) is 4.90 Å². The third-order valence-electron chi connectivity index (χ3n) is 10.5. The second kappa shape index (κ2) is 12.3. The smallest absolute Gasteiger partial charge is 0.345 e. The minimum Gasteiger partial charge on any atom is -0.491 e. The maximum atomic E-state index is 17.3. The molecule has 6 heterocycles. The standard InChI is InChI=1S/C34H33ClF4N6O3S/c1-16-11-34(8-2-9-44(34)13-16)15-47-33-42-27-24-28(46-10-7-17-3-4-18(48-32(38)39)14-45(17)31(24)43-33)25(35)23(26(27)37)19-5-6-21(36)29-22(19)20(12-40)30(41)49-29/h5-6,16-18,32H,2-4,7-11,13-15,41H2,1H3/t16-,17?,18?,34?/m1/s1. The molecule has 3 fully saturated rings. The molecule has 0 radical (unpaired) electrons. The summed E-state index contributed by atoms with van der Waals surface area (Å²) in [4.78, 5) is 13.7. The monoisotopic (exact) mass is 716 g/mol. The molecule has 0 aliphatic carbocycles. The van der Waals surface area contributed by atoms with Crippen molar-refractivity contribution in [3.63, 3.8) is 0 Å². The number of ether oxygens (including phenoxy) is 3. The Kier molecular flexibility index (Phi) is 8.17. The van der Waals surface area contributed by atoms with Crippen LogP contribution in [0.5, 0.6) is 11.8 Å². The third-order valence-corrected chi connectivity index (χ3v) is 11.9. The fourth-order valence-electron chi connectivity index (χ4n) is 8.52. The van der Waals surface area contributed by atoms with Crippen molar-refractivity contribution >= 4 is 54.7 Å². The van der Waals surface area contributed by atoms with Crippen LogP contribution in [0.3, 0.4) is 0 Å². The van der Waals surface area contributed by atoms with E-state index in [-0.39, 0.29) is 90.0 Å². The van der Waals surface area contributed by atoms with E-state index in [0.29, 0.717) is 31.8 Å². The van der Waals surface area contributed by atoms with Gasteiger partial charge in [0.15, 0.2) is 11.6 Å². The molecule has 2 N–H and O–H groups in total. The number of piperidine rings is 1. The Morgan fingerprint density at radius 2 is 2.04 bits per heavy atom. The zero-order chi connectivity index (χ0) is 34.2. The van der Waals surface area contributed by atoms with Crippen molar-refractivity contribution in [3.8, 4) is 29.0 Å². The first-order valence-corrected chi connectivity index (χ1v) is 17.6. The van der Waals surface area contributed by atoms with E-state index < -0.39 is 24.3 Å². The number of nitrogens with two attached hydrogens (primary N) is 1. The number of benzene rings is 2. The van der Waals surface area contributed by atoms with Crippen molar-refractivity contribution in [2.45, 2.75) is 69.7 Å². The number of fused-ring (bicyclic) bond motifs is 4. The van der Waals surface area contributed by atoms with Crippen molar-refractivity contribution in [1.29, 1.82) is 5.26 Å². The molecule has 258 valence electrons. The number of aromatic nitrogens is 2. The fourth-order valence-corrected chi connectivity index (χ4v) is 9.80. The molecule has 4 aliphatic rings. The molecule has 3 saturated heterocycles. The minimum atomic E-state index is -2.95. The second-order valence-electron chi connectivity index (χ2n) is 13.5. The molecule has 2 aromatic carbocycles. The summed E-state index contributed by atoms with van der Waals surface area (Å²) in [5.41, 5.74) is 5.77. The minimum absolute atomic E-state index is 0.00782. The highest BCUT2D eigenvalue weighted by molar-refractivity contribution is 7.23. The molecule has 15 heteroatoms. The number of nitrogen functional groups attached to an aromatic ring is 1. The zero-order valence-electron chi connectivity index (χ0n) is 26.6. The van der Waals surface area contributed by atoms with Gasteiger partial charge in [0.25, 0.3) is 0 Å². The molecule has 3 unspecified atom stereocenters. The summed E-state index contributed by atoms with van der Waals surface area (Å²) in [6.45, 7) is 1.76. The van der Waals surface area contributed by atoms with E-state index in [9.17, 15) is 14.0 Å². The Balaban J connectivity index is 1.34. The molecular weight excluding hydrogens is 684 g/mol. The quantitative estimate of drug-likeness (QED) is 0.203. The van der Waals surface area contributed by atoms with Crippen molar-refractivity contribution in [2.24, 2.45) is 5.92 Å². The fraction of sp³-hybridized carbons (Fsp3) is 0.500. The molecular formula is C34H33ClF4N6O3S. The van der Waals surface area contributed by atoms with Gasteiger partial charge in [0.2, 0.25) is 0 Å². The lowest BCUT2D eigenvalue weighted by atomic mass is 9.92. The Labute approximate surface area is 288 Å². The Morgan fingerprint density at radius 3 is 2.84 bits per heavy atom. The summed E-state index contributed by atoms with van der Waals surface area (Å²) < 4.78 is 76.7. The van der Waals surface area contributed by atoms with Gasteiger partial charge in [0.1, 0.15) is 34.8 Å². The number of rotatable bonds is 6. The van der Waals surface area contributed by atoms with Gasteiger partial charge < -0.3 is 24.8 Å². The summed E-state index contributed by atoms with van der Waals surface area (Å²) >= 11 is 7.92. The van der Waals surface area contributed by atoms with Crippen molar-refractivity contribution in [2.75, 3.05) is 43.5 Å². The molecule has 8 rings (SSSR count). The average Bonchev–Trinajstić information content (AvgIpc) is 3.71. The molecule has 0 bridgehead atoms. The number of nitrogens with zero attached hydrogens (tertiary/aromatic N) is 5. The predicted molar refractivity (Wildman–Crippen MR) is 179 cm³/mol. The predicted octanol–water partition coefficient (Wildman–Crippen LogP) is 7.51. The number of thiophene rings is 1. The first-order chi connectivity index (χ1) is 23.6. The third kappa shape index (κ3) is 5.32. The molecule has 49 heavy (non-hydrogen) atoms. The van der Waals surface area contributed by atoms with Gasteiger partial charge in [0.05, 0.1) is 38.9 Å². The van der Waals surface area contributed by atoms with Crippen LogP contribution >= 0.6 is 22.9 Å². The van der Waals surface area contributed by atoms with Crippen LogP contribution in [0.2, 0.25) is 5.02 Å². The molecule has 9 nitrogen and oxygen atoms in total. The average molecular weight is 717 g/mol. The summed E-state index contributed by atoms with van der Waals surface area (Å²) in [6.07, 6.45) is 3.59. The lowest BCUT2D eigenvalue weighted by Crippen LogP contribution is -2.48. The normalized spacial score (nSPS) is 25.3. The largest absolute Gasteiger partial charge is 0.491 e. The molecule has 0 amide bonds. The van der Waals surface area contributed by atoms with Crippen LogP contribution in [0, 0.1) is 28.9 Å². The summed E-state index contributed by atoms with van der Waals surface area (Å²) in [5, 5.41) is 10.2. The number of anilines is 2. The molecule has 0 spiro atoms. The lowest BCUT2D eigenvalue weighted by Gasteiger charge is -2.42. The van der Waals surface area contributed by atoms with E-state index in [4.69, 9.17) is 36.5 Å². The van der Waals surface area contributed by atoms with Crippen molar-refractivity contribution in [1.82, 2.24) is 14.9 Å². The maximum Gasteiger partial charge on any atom is 0.345 e. The van der Waals surface area contributed by atoms with Crippen LogP contribution in [0.4, 0.5) is 28.4 Å². The van der Waals surface area contributed by atoms with Crippen LogP contribution in [0.25, 0.3) is 32.1 Å². The van der Waals surface area contributed by atoms with Gasteiger partial charge >= 0.3 is 12.6 Å². The van der Waals surface area contributed by atoms with Crippen LogP contribution in [0.1, 0.15) is 51.0 Å². The van der Waals surface area contributed by atoms with Crippen LogP contribution in [0.15, 0.2) is 12.1 Å². The Bertz CT molecular complexity index is 2030. The van der Waals surface area contributed by atoms with Crippen molar-refractivity contribution in [3.05, 3.63) is 34.4 Å². The topological polar surface area (TPSA) is 110 Å². The lowest BCUT2D eigenvalue weighted by molar-refractivity contribution is -0.165.